The van der Waals surface area contributed by atoms with Gasteiger partial charge in [-0.05, 0) is 48.6 Å². The van der Waals surface area contributed by atoms with Crippen LogP contribution in [0.1, 0.15) is 30.4 Å². The van der Waals surface area contributed by atoms with Crippen molar-refractivity contribution in [3.63, 3.8) is 0 Å². The maximum atomic E-state index is 12.0. The van der Waals surface area contributed by atoms with Crippen molar-refractivity contribution in [1.29, 1.82) is 0 Å². The third-order valence-electron chi connectivity index (χ3n) is 5.01. The molecule has 1 aromatic rings. The van der Waals surface area contributed by atoms with Gasteiger partial charge in [-0.1, -0.05) is 29.8 Å². The Balaban J connectivity index is 1.80. The van der Waals surface area contributed by atoms with Crippen LogP contribution >= 0.6 is 0 Å². The van der Waals surface area contributed by atoms with Gasteiger partial charge in [0.15, 0.2) is 0 Å². The molecule has 1 saturated heterocycles. The number of nitrogens with one attached hydrogen (secondary N) is 1. The van der Waals surface area contributed by atoms with E-state index in [1.165, 1.54) is 16.7 Å². The predicted molar refractivity (Wildman–Crippen MR) is 74.9 cm³/mol. The Hall–Kier alpha value is -1.90. The molecule has 0 spiro atoms. The van der Waals surface area contributed by atoms with Crippen LogP contribution in [-0.4, -0.2) is 11.8 Å². The second-order valence-corrected chi connectivity index (χ2v) is 6.14. The van der Waals surface area contributed by atoms with E-state index in [1.54, 1.807) is 0 Å². The molecule has 2 atom stereocenters. The summed E-state index contributed by atoms with van der Waals surface area (Å²) in [6.07, 6.45) is 4.63. The lowest BCUT2D eigenvalue weighted by molar-refractivity contribution is -0.124. The van der Waals surface area contributed by atoms with Crippen molar-refractivity contribution in [1.82, 2.24) is 5.32 Å². The molecule has 0 aromatic heterocycles. The molecule has 3 heteroatoms. The van der Waals surface area contributed by atoms with E-state index in [0.717, 1.165) is 31.3 Å². The van der Waals surface area contributed by atoms with Gasteiger partial charge in [-0.25, -0.2) is 0 Å². The van der Waals surface area contributed by atoms with E-state index in [1.807, 2.05) is 0 Å². The number of imide groups is 1. The second-order valence-electron chi connectivity index (χ2n) is 6.14. The first-order chi connectivity index (χ1) is 9.72. The standard InChI is InChI=1S/C17H17NO2/c19-15-9-14(17(20)18-15)16-12-5-6-13(16)8-11-4-2-1-3-10(11)7-12/h1-4,12-13H,5-9H2,(H,18,19,20). The van der Waals surface area contributed by atoms with Crippen molar-refractivity contribution in [2.75, 3.05) is 0 Å². The number of hydrogen-bond acceptors (Lipinski definition) is 2. The second kappa shape index (κ2) is 4.30. The summed E-state index contributed by atoms with van der Waals surface area (Å²) in [6.45, 7) is 0. The molecule has 2 amide bonds. The number of benzene rings is 1. The molecule has 2 aliphatic carbocycles. The van der Waals surface area contributed by atoms with Crippen LogP contribution in [0.2, 0.25) is 0 Å². The molecule has 4 rings (SSSR count). The largest absolute Gasteiger partial charge is 0.292 e. The SMILES string of the molecule is O=C1CC(=C2C3CCC2Cc2ccccc2C3)C(=O)N1. The molecule has 1 heterocycles. The summed E-state index contributed by atoms with van der Waals surface area (Å²) in [5.74, 6) is 0.622. The van der Waals surface area contributed by atoms with Crippen LogP contribution in [0.3, 0.4) is 0 Å². The average molecular weight is 267 g/mol. The van der Waals surface area contributed by atoms with E-state index in [4.69, 9.17) is 0 Å². The third-order valence-corrected chi connectivity index (χ3v) is 5.01. The van der Waals surface area contributed by atoms with E-state index >= 15 is 0 Å². The van der Waals surface area contributed by atoms with Gasteiger partial charge in [0.2, 0.25) is 5.91 Å². The van der Waals surface area contributed by atoms with Crippen LogP contribution in [0.4, 0.5) is 0 Å². The number of allylic oxidation sites excluding steroid dienone is 1. The number of rotatable bonds is 0. The Bertz CT molecular complexity index is 609. The maximum absolute atomic E-state index is 12.0. The van der Waals surface area contributed by atoms with Gasteiger partial charge in [0.05, 0.1) is 6.42 Å². The fourth-order valence-electron chi connectivity index (χ4n) is 4.17. The minimum absolute atomic E-state index is 0.140. The highest BCUT2D eigenvalue weighted by atomic mass is 16.2. The smallest absolute Gasteiger partial charge is 0.254 e. The van der Waals surface area contributed by atoms with Crippen molar-refractivity contribution in [2.45, 2.75) is 32.1 Å². The molecule has 0 radical (unpaired) electrons. The van der Waals surface area contributed by atoms with Gasteiger partial charge in [0, 0.05) is 5.57 Å². The van der Waals surface area contributed by atoms with Crippen LogP contribution in [0.15, 0.2) is 35.4 Å². The summed E-state index contributed by atoms with van der Waals surface area (Å²) in [5, 5.41) is 2.44. The van der Waals surface area contributed by atoms with Crippen molar-refractivity contribution in [3.05, 3.63) is 46.5 Å². The zero-order valence-electron chi connectivity index (χ0n) is 11.3. The fraction of sp³-hybridized carbons (Fsp3) is 0.412. The van der Waals surface area contributed by atoms with Crippen LogP contribution < -0.4 is 5.32 Å². The van der Waals surface area contributed by atoms with Gasteiger partial charge in [0.1, 0.15) is 0 Å². The first-order valence-electron chi connectivity index (χ1n) is 7.36. The summed E-state index contributed by atoms with van der Waals surface area (Å²) < 4.78 is 0. The minimum Gasteiger partial charge on any atom is -0.292 e. The van der Waals surface area contributed by atoms with Gasteiger partial charge in [-0.3, -0.25) is 14.9 Å². The van der Waals surface area contributed by atoms with Crippen LogP contribution in [-0.2, 0) is 22.4 Å². The average Bonchev–Trinajstić information content (AvgIpc) is 2.88. The molecule has 1 aromatic carbocycles. The van der Waals surface area contributed by atoms with E-state index in [-0.39, 0.29) is 18.2 Å². The lowest BCUT2D eigenvalue weighted by Gasteiger charge is -2.14. The molecule has 3 aliphatic rings. The first kappa shape index (κ1) is 11.9. The van der Waals surface area contributed by atoms with Gasteiger partial charge in [-0.2, -0.15) is 0 Å². The molecule has 1 saturated carbocycles. The Kier molecular flexibility index (Phi) is 2.56. The minimum atomic E-state index is -0.146. The van der Waals surface area contributed by atoms with Gasteiger partial charge >= 0.3 is 0 Å². The highest BCUT2D eigenvalue weighted by molar-refractivity contribution is 6.13. The number of fused-ring (bicyclic) bond motifs is 3. The molecule has 102 valence electrons. The van der Waals surface area contributed by atoms with Crippen molar-refractivity contribution in [2.24, 2.45) is 11.8 Å². The fourth-order valence-corrected chi connectivity index (χ4v) is 4.17. The van der Waals surface area contributed by atoms with Gasteiger partial charge in [-0.15, -0.1) is 0 Å². The summed E-state index contributed by atoms with van der Waals surface area (Å²) in [5.41, 5.74) is 4.89. The monoisotopic (exact) mass is 267 g/mol. The van der Waals surface area contributed by atoms with Gasteiger partial charge in [0.25, 0.3) is 5.91 Å². The van der Waals surface area contributed by atoms with Crippen LogP contribution in [0, 0.1) is 11.8 Å². The van der Waals surface area contributed by atoms with E-state index in [2.05, 4.69) is 29.6 Å². The highest BCUT2D eigenvalue weighted by Gasteiger charge is 2.39. The molecule has 1 N–H and O–H groups in total. The molecule has 1 aliphatic heterocycles. The van der Waals surface area contributed by atoms with Crippen molar-refractivity contribution in [3.8, 4) is 0 Å². The number of carbonyl (C=O) groups excluding carboxylic acids is 2. The van der Waals surface area contributed by atoms with Crippen LogP contribution in [0.5, 0.6) is 0 Å². The van der Waals surface area contributed by atoms with Crippen molar-refractivity contribution >= 4 is 11.8 Å². The zero-order valence-corrected chi connectivity index (χ0v) is 11.3. The van der Waals surface area contributed by atoms with Crippen LogP contribution in [0.25, 0.3) is 0 Å². The summed E-state index contributed by atoms with van der Waals surface area (Å²) in [7, 11) is 0. The zero-order chi connectivity index (χ0) is 13.7. The molecule has 2 fully saturated rings. The predicted octanol–water partition coefficient (Wildman–Crippen LogP) is 2.15. The molecular formula is C17H17NO2. The molecule has 20 heavy (non-hydrogen) atoms. The Morgan fingerprint density at radius 3 is 2.05 bits per heavy atom. The molecule has 2 unspecified atom stereocenters. The Labute approximate surface area is 118 Å². The van der Waals surface area contributed by atoms with E-state index in [0.29, 0.717) is 11.8 Å². The molecule has 2 bridgehead atoms. The Morgan fingerprint density at radius 2 is 1.55 bits per heavy atom. The lowest BCUT2D eigenvalue weighted by atomic mass is 9.89. The third kappa shape index (κ3) is 1.73. The lowest BCUT2D eigenvalue weighted by Crippen LogP contribution is -2.20. The quantitative estimate of drug-likeness (QED) is 0.578. The first-order valence-corrected chi connectivity index (χ1v) is 7.36. The molecule has 3 nitrogen and oxygen atoms in total. The number of hydrogen-bond donors (Lipinski definition) is 1. The maximum Gasteiger partial charge on any atom is 0.254 e. The summed E-state index contributed by atoms with van der Waals surface area (Å²) in [4.78, 5) is 23.5. The molecular weight excluding hydrogens is 250 g/mol. The normalized spacial score (nSPS) is 28.4. The Morgan fingerprint density at radius 1 is 0.950 bits per heavy atom. The summed E-state index contributed by atoms with van der Waals surface area (Å²) >= 11 is 0. The number of amides is 2. The van der Waals surface area contributed by atoms with E-state index in [9.17, 15) is 9.59 Å². The topological polar surface area (TPSA) is 46.2 Å². The number of carbonyl (C=O) groups is 2. The van der Waals surface area contributed by atoms with Crippen molar-refractivity contribution < 1.29 is 9.59 Å². The highest BCUT2D eigenvalue weighted by Crippen LogP contribution is 2.46. The van der Waals surface area contributed by atoms with E-state index < -0.39 is 0 Å². The summed E-state index contributed by atoms with van der Waals surface area (Å²) in [6, 6.07) is 8.60. The van der Waals surface area contributed by atoms with Gasteiger partial charge < -0.3 is 0 Å².